The highest BCUT2D eigenvalue weighted by atomic mass is 32.3. The van der Waals surface area contributed by atoms with Gasteiger partial charge in [0.05, 0.1) is 15.9 Å². The molecule has 1 fully saturated rings. The molecule has 0 saturated heterocycles. The van der Waals surface area contributed by atoms with Crippen molar-refractivity contribution in [1.82, 2.24) is 4.68 Å². The van der Waals surface area contributed by atoms with Crippen LogP contribution in [0.3, 0.4) is 0 Å². The number of benzene rings is 1. The van der Waals surface area contributed by atoms with E-state index in [0.717, 1.165) is 32.1 Å². The second kappa shape index (κ2) is 9.07. The Balaban J connectivity index is 1.57. The topological polar surface area (TPSA) is 171 Å². The first-order valence-electron chi connectivity index (χ1n) is 11.1. The van der Waals surface area contributed by atoms with Crippen LogP contribution in [0, 0.1) is 0 Å². The summed E-state index contributed by atoms with van der Waals surface area (Å²) >= 11 is 1.27. The minimum Gasteiger partial charge on any atom is -0.505 e. The summed E-state index contributed by atoms with van der Waals surface area (Å²) in [4.78, 5) is 24.6. The number of hydrogen-bond donors (Lipinski definition) is 6. The second-order valence-corrected chi connectivity index (χ2v) is 11.0. The molecule has 1 aliphatic carbocycles. The number of hydrogen-bond acceptors (Lipinski definition) is 10. The predicted octanol–water partition coefficient (Wildman–Crippen LogP) is 3.41. The first kappa shape index (κ1) is 23.5. The molecule has 0 spiro atoms. The van der Waals surface area contributed by atoms with Crippen LogP contribution in [-0.4, -0.2) is 43.3 Å². The summed E-state index contributed by atoms with van der Waals surface area (Å²) in [5, 5.41) is 15.7. The quantitative estimate of drug-likeness (QED) is 0.288. The zero-order chi connectivity index (χ0) is 24.7. The number of carbonyl (C=O) groups excluding carboxylic acids is 1. The number of nitrogens with zero attached hydrogens (tertiary/aromatic N) is 2. The SMILES string of the molecule is NC(=O)COc1ccc2c(c1)S(O)(O)N=C(c1c(O)c3sccc3n(NC3CCCCC3)c1=O)N2. The monoisotopic (exact) mass is 519 g/mol. The first-order valence-corrected chi connectivity index (χ1v) is 13.5. The molecule has 35 heavy (non-hydrogen) atoms. The molecular formula is C22H25N5O6S2. The number of carbonyl (C=O) groups is 1. The largest absolute Gasteiger partial charge is 0.505 e. The van der Waals surface area contributed by atoms with Crippen molar-refractivity contribution in [1.29, 1.82) is 0 Å². The maximum absolute atomic E-state index is 13.6. The van der Waals surface area contributed by atoms with Crippen LogP contribution in [0.4, 0.5) is 5.69 Å². The third kappa shape index (κ3) is 4.43. The van der Waals surface area contributed by atoms with Crippen molar-refractivity contribution in [3.8, 4) is 11.5 Å². The van der Waals surface area contributed by atoms with Crippen LogP contribution in [0.2, 0.25) is 0 Å². The van der Waals surface area contributed by atoms with E-state index in [1.807, 2.05) is 0 Å². The molecule has 1 aromatic carbocycles. The third-order valence-electron chi connectivity index (χ3n) is 6.01. The van der Waals surface area contributed by atoms with Gasteiger partial charge in [-0.05, 0) is 36.4 Å². The number of amides is 1. The second-order valence-electron chi connectivity index (χ2n) is 8.46. The Bertz CT molecular complexity index is 1390. The lowest BCUT2D eigenvalue weighted by Crippen LogP contribution is -2.40. The number of fused-ring (bicyclic) bond motifs is 2. The lowest BCUT2D eigenvalue weighted by Gasteiger charge is -2.34. The first-order chi connectivity index (χ1) is 16.7. The molecule has 0 radical (unpaired) electrons. The lowest BCUT2D eigenvalue weighted by atomic mass is 9.96. The van der Waals surface area contributed by atoms with Gasteiger partial charge in [0.1, 0.15) is 16.2 Å². The normalized spacial score (nSPS) is 18.3. The van der Waals surface area contributed by atoms with E-state index in [4.69, 9.17) is 10.5 Å². The number of pyridine rings is 1. The number of nitrogens with two attached hydrogens (primary N) is 1. The van der Waals surface area contributed by atoms with Crippen LogP contribution in [-0.2, 0) is 4.79 Å². The standard InChI is InChI=1S/C22H25N5O6S2/c23-17(28)11-33-13-6-7-14-16(10-13)35(31,32)26-21(24-14)18-19(29)20-15(8-9-34-20)27(22(18)30)25-12-4-2-1-3-5-12/h6-10,12,25,29,31-32H,1-5,11H2,(H2,23,28)(H,24,26). The number of aromatic hydroxyl groups is 1. The van der Waals surface area contributed by atoms with Crippen molar-refractivity contribution in [2.24, 2.45) is 10.1 Å². The van der Waals surface area contributed by atoms with Crippen molar-refractivity contribution in [3.63, 3.8) is 0 Å². The average Bonchev–Trinajstić information content (AvgIpc) is 3.31. The fourth-order valence-electron chi connectivity index (χ4n) is 4.36. The number of aromatic nitrogens is 1. The van der Waals surface area contributed by atoms with E-state index in [9.17, 15) is 23.8 Å². The molecular weight excluding hydrogens is 494 g/mol. The van der Waals surface area contributed by atoms with Gasteiger partial charge in [0.25, 0.3) is 11.5 Å². The van der Waals surface area contributed by atoms with Gasteiger partial charge in [-0.25, -0.2) is 4.68 Å². The van der Waals surface area contributed by atoms with Crippen molar-refractivity contribution in [2.45, 2.75) is 43.0 Å². The summed E-state index contributed by atoms with van der Waals surface area (Å²) < 4.78 is 32.8. The Morgan fingerprint density at radius 3 is 2.80 bits per heavy atom. The molecule has 2 aromatic heterocycles. The molecule has 186 valence electrons. The molecule has 5 rings (SSSR count). The fourth-order valence-corrected chi connectivity index (χ4v) is 6.36. The fraction of sp³-hybridized carbons (Fsp3) is 0.318. The van der Waals surface area contributed by atoms with Crippen LogP contribution in [0.1, 0.15) is 37.7 Å². The van der Waals surface area contributed by atoms with Gasteiger partial charge >= 0.3 is 0 Å². The molecule has 1 saturated carbocycles. The Morgan fingerprint density at radius 2 is 2.06 bits per heavy atom. The molecule has 7 N–H and O–H groups in total. The summed E-state index contributed by atoms with van der Waals surface area (Å²) in [5.41, 5.74) is 8.50. The number of nitrogens with one attached hydrogen (secondary N) is 2. The van der Waals surface area contributed by atoms with E-state index in [1.165, 1.54) is 34.2 Å². The number of ether oxygens (including phenoxy) is 1. The Labute approximate surface area is 205 Å². The molecule has 2 aliphatic rings. The van der Waals surface area contributed by atoms with Gasteiger partial charge in [-0.2, -0.15) is 0 Å². The van der Waals surface area contributed by atoms with Crippen LogP contribution in [0.15, 0.2) is 43.7 Å². The highest BCUT2D eigenvalue weighted by molar-refractivity contribution is 8.23. The smallest absolute Gasteiger partial charge is 0.284 e. The van der Waals surface area contributed by atoms with Gasteiger partial charge in [0.2, 0.25) is 0 Å². The molecule has 13 heteroatoms. The summed E-state index contributed by atoms with van der Waals surface area (Å²) in [6.45, 7) is -0.373. The number of anilines is 1. The van der Waals surface area contributed by atoms with E-state index < -0.39 is 22.2 Å². The lowest BCUT2D eigenvalue weighted by molar-refractivity contribution is -0.119. The maximum Gasteiger partial charge on any atom is 0.284 e. The van der Waals surface area contributed by atoms with E-state index in [2.05, 4.69) is 15.1 Å². The Kier molecular flexibility index (Phi) is 6.09. The van der Waals surface area contributed by atoms with Crippen LogP contribution in [0.25, 0.3) is 10.2 Å². The Morgan fingerprint density at radius 1 is 1.29 bits per heavy atom. The van der Waals surface area contributed by atoms with Gasteiger partial charge in [0.15, 0.2) is 18.2 Å². The molecule has 3 heterocycles. The number of amidine groups is 1. The minimum absolute atomic E-state index is 0.0283. The average molecular weight is 520 g/mol. The molecule has 1 aliphatic heterocycles. The van der Waals surface area contributed by atoms with Gasteiger partial charge in [0, 0.05) is 12.1 Å². The molecule has 0 bridgehead atoms. The van der Waals surface area contributed by atoms with E-state index in [0.29, 0.717) is 10.2 Å². The van der Waals surface area contributed by atoms with Crippen molar-refractivity contribution < 1.29 is 23.7 Å². The third-order valence-corrected chi connectivity index (χ3v) is 8.28. The number of rotatable bonds is 6. The van der Waals surface area contributed by atoms with E-state index in [1.54, 1.807) is 11.4 Å². The minimum atomic E-state index is -3.76. The number of thiophene rings is 1. The van der Waals surface area contributed by atoms with Crippen molar-refractivity contribution in [3.05, 3.63) is 45.6 Å². The Hall–Kier alpha value is -3.26. The van der Waals surface area contributed by atoms with Gasteiger partial charge < -0.3 is 26.3 Å². The van der Waals surface area contributed by atoms with Gasteiger partial charge in [-0.1, -0.05) is 30.0 Å². The summed E-state index contributed by atoms with van der Waals surface area (Å²) in [6, 6.07) is 6.23. The van der Waals surface area contributed by atoms with Crippen LogP contribution >= 0.6 is 22.1 Å². The van der Waals surface area contributed by atoms with Gasteiger partial charge in [-0.3, -0.25) is 18.7 Å². The van der Waals surface area contributed by atoms with Crippen LogP contribution < -0.4 is 26.8 Å². The van der Waals surface area contributed by atoms with Crippen LogP contribution in [0.5, 0.6) is 11.5 Å². The highest BCUT2D eigenvalue weighted by Gasteiger charge is 2.31. The zero-order valence-corrected chi connectivity index (χ0v) is 20.2. The summed E-state index contributed by atoms with van der Waals surface area (Å²) in [6.07, 6.45) is 5.17. The highest BCUT2D eigenvalue weighted by Crippen LogP contribution is 2.56. The number of primary amides is 1. The molecule has 0 unspecified atom stereocenters. The zero-order valence-electron chi connectivity index (χ0n) is 18.6. The summed E-state index contributed by atoms with van der Waals surface area (Å²) in [7, 11) is -3.76. The molecule has 3 aromatic rings. The summed E-state index contributed by atoms with van der Waals surface area (Å²) in [5.74, 6) is -0.913. The van der Waals surface area contributed by atoms with Crippen molar-refractivity contribution >= 4 is 49.8 Å². The van der Waals surface area contributed by atoms with Gasteiger partial charge in [-0.15, -0.1) is 15.7 Å². The molecule has 0 atom stereocenters. The van der Waals surface area contributed by atoms with E-state index >= 15 is 0 Å². The van der Waals surface area contributed by atoms with Crippen molar-refractivity contribution in [2.75, 3.05) is 17.3 Å². The van der Waals surface area contributed by atoms with E-state index in [-0.39, 0.29) is 46.1 Å². The molecule has 1 amide bonds. The molecule has 11 nitrogen and oxygen atoms in total. The maximum atomic E-state index is 13.6. The predicted molar refractivity (Wildman–Crippen MR) is 136 cm³/mol.